The minimum Gasteiger partial charge on any atom is -0.493 e. The molecule has 3 rings (SSSR count). The van der Waals surface area contributed by atoms with E-state index in [1.165, 1.54) is 24.4 Å². The van der Waals surface area contributed by atoms with Crippen molar-refractivity contribution >= 4 is 23.8 Å². The summed E-state index contributed by atoms with van der Waals surface area (Å²) in [6.45, 7) is 0. The molecule has 0 atom stereocenters. The minimum absolute atomic E-state index is 0.309. The van der Waals surface area contributed by atoms with E-state index in [0.29, 0.717) is 22.1 Å². The largest absolute Gasteiger partial charge is 0.493 e. The number of carbonyl (C=O) groups is 1. The van der Waals surface area contributed by atoms with E-state index in [1.54, 1.807) is 48.7 Å². The van der Waals surface area contributed by atoms with Gasteiger partial charge in [0.1, 0.15) is 12.7 Å². The summed E-state index contributed by atoms with van der Waals surface area (Å²) in [4.78, 5) is 12.2. The van der Waals surface area contributed by atoms with Crippen molar-refractivity contribution in [3.8, 4) is 11.5 Å². The molecule has 2 aromatic carbocycles. The predicted octanol–water partition coefficient (Wildman–Crippen LogP) is 3.04. The monoisotopic (exact) mass is 356 g/mol. The van der Waals surface area contributed by atoms with Crippen LogP contribution in [0.5, 0.6) is 11.5 Å². The first kappa shape index (κ1) is 16.7. The molecule has 1 heterocycles. The number of nitrogens with zero attached hydrogens (tertiary/aromatic N) is 4. The van der Waals surface area contributed by atoms with Gasteiger partial charge in [0.25, 0.3) is 0 Å². The molecule has 1 aromatic heterocycles. The second-order valence-corrected chi connectivity index (χ2v) is 5.33. The Morgan fingerprint density at radius 2 is 1.84 bits per heavy atom. The molecule has 0 radical (unpaired) electrons. The molecule has 0 aliphatic rings. The second kappa shape index (κ2) is 7.59. The zero-order valence-electron chi connectivity index (χ0n) is 13.2. The maximum atomic E-state index is 12.2. The van der Waals surface area contributed by atoms with Crippen molar-refractivity contribution < 1.29 is 14.3 Å². The molecule has 7 nitrogen and oxygen atoms in total. The van der Waals surface area contributed by atoms with Crippen LogP contribution in [0.15, 0.2) is 60.2 Å². The number of esters is 1. The van der Waals surface area contributed by atoms with Gasteiger partial charge in [-0.2, -0.15) is 5.10 Å². The third-order valence-corrected chi connectivity index (χ3v) is 3.47. The quantitative estimate of drug-likeness (QED) is 0.399. The molecule has 0 amide bonds. The van der Waals surface area contributed by atoms with E-state index in [0.717, 1.165) is 5.56 Å². The highest BCUT2D eigenvalue weighted by atomic mass is 35.5. The van der Waals surface area contributed by atoms with Crippen LogP contribution in [0.1, 0.15) is 15.9 Å². The Labute approximate surface area is 148 Å². The Morgan fingerprint density at radius 1 is 1.12 bits per heavy atom. The normalized spacial score (nSPS) is 10.8. The van der Waals surface area contributed by atoms with E-state index >= 15 is 0 Å². The first-order valence-electron chi connectivity index (χ1n) is 7.20. The summed E-state index contributed by atoms with van der Waals surface area (Å²) >= 11 is 5.81. The third-order valence-electron chi connectivity index (χ3n) is 3.22. The topological polar surface area (TPSA) is 78.6 Å². The summed E-state index contributed by atoms with van der Waals surface area (Å²) in [6, 6.07) is 11.5. The summed E-state index contributed by atoms with van der Waals surface area (Å²) in [6.07, 6.45) is 4.54. The van der Waals surface area contributed by atoms with Gasteiger partial charge in [0.15, 0.2) is 11.5 Å². The van der Waals surface area contributed by atoms with Gasteiger partial charge in [-0.3, -0.25) is 0 Å². The van der Waals surface area contributed by atoms with Crippen molar-refractivity contribution in [1.82, 2.24) is 14.9 Å². The summed E-state index contributed by atoms with van der Waals surface area (Å²) in [5.74, 6) is 0.222. The van der Waals surface area contributed by atoms with Gasteiger partial charge in [-0.05, 0) is 48.0 Å². The molecule has 0 fully saturated rings. The minimum atomic E-state index is -0.499. The average Bonchev–Trinajstić information content (AvgIpc) is 3.15. The van der Waals surface area contributed by atoms with Gasteiger partial charge in [0.05, 0.1) is 18.9 Å². The number of methoxy groups -OCH3 is 1. The molecule has 3 aromatic rings. The molecular weight excluding hydrogens is 344 g/mol. The van der Waals surface area contributed by atoms with Gasteiger partial charge < -0.3 is 9.47 Å². The zero-order valence-corrected chi connectivity index (χ0v) is 13.9. The average molecular weight is 357 g/mol. The van der Waals surface area contributed by atoms with Crippen molar-refractivity contribution in [2.75, 3.05) is 7.11 Å². The number of halogens is 1. The maximum Gasteiger partial charge on any atom is 0.343 e. The SMILES string of the molecule is COc1cc(C=Nn2cnnc2)ccc1OC(=O)c1ccc(Cl)cc1. The number of rotatable bonds is 5. The standard InChI is InChI=1S/C17H13ClN4O3/c1-24-16-8-12(9-21-22-10-19-20-11-22)2-7-15(16)25-17(23)13-3-5-14(18)6-4-13/h2-11H,1H3. The van der Waals surface area contributed by atoms with Crippen LogP contribution in [0.2, 0.25) is 5.02 Å². The van der Waals surface area contributed by atoms with E-state index in [9.17, 15) is 4.79 Å². The second-order valence-electron chi connectivity index (χ2n) is 4.89. The van der Waals surface area contributed by atoms with E-state index in [-0.39, 0.29) is 0 Å². The lowest BCUT2D eigenvalue weighted by atomic mass is 10.2. The molecule has 0 saturated heterocycles. The van der Waals surface area contributed by atoms with Crippen LogP contribution in [0.25, 0.3) is 0 Å². The lowest BCUT2D eigenvalue weighted by molar-refractivity contribution is 0.0729. The Kier molecular flexibility index (Phi) is 5.06. The fourth-order valence-corrected chi connectivity index (χ4v) is 2.11. The molecule has 25 heavy (non-hydrogen) atoms. The van der Waals surface area contributed by atoms with E-state index in [2.05, 4.69) is 15.3 Å². The van der Waals surface area contributed by atoms with Crippen LogP contribution in [0, 0.1) is 0 Å². The molecule has 0 unspecified atom stereocenters. The first-order valence-corrected chi connectivity index (χ1v) is 7.58. The van der Waals surface area contributed by atoms with Gasteiger partial charge in [-0.25, -0.2) is 9.47 Å². The number of carbonyl (C=O) groups excluding carboxylic acids is 1. The van der Waals surface area contributed by atoms with Crippen LogP contribution in [-0.4, -0.2) is 34.2 Å². The van der Waals surface area contributed by atoms with Crippen molar-refractivity contribution in [2.24, 2.45) is 5.10 Å². The number of ether oxygens (including phenoxy) is 2. The molecule has 0 bridgehead atoms. The lowest BCUT2D eigenvalue weighted by Crippen LogP contribution is -2.09. The molecule has 0 saturated carbocycles. The highest BCUT2D eigenvalue weighted by Crippen LogP contribution is 2.28. The van der Waals surface area contributed by atoms with Gasteiger partial charge in [-0.1, -0.05) is 11.6 Å². The van der Waals surface area contributed by atoms with Crippen LogP contribution < -0.4 is 9.47 Å². The fourth-order valence-electron chi connectivity index (χ4n) is 1.98. The lowest BCUT2D eigenvalue weighted by Gasteiger charge is -2.10. The van der Waals surface area contributed by atoms with Crippen molar-refractivity contribution in [1.29, 1.82) is 0 Å². The van der Waals surface area contributed by atoms with Crippen molar-refractivity contribution in [3.05, 3.63) is 71.3 Å². The molecule has 126 valence electrons. The Morgan fingerprint density at radius 3 is 2.52 bits per heavy atom. The maximum absolute atomic E-state index is 12.2. The molecular formula is C17H13ClN4O3. The Balaban J connectivity index is 1.77. The third kappa shape index (κ3) is 4.21. The fraction of sp³-hybridized carbons (Fsp3) is 0.0588. The predicted molar refractivity (Wildman–Crippen MR) is 92.4 cm³/mol. The molecule has 0 spiro atoms. The van der Waals surface area contributed by atoms with Crippen LogP contribution in [-0.2, 0) is 0 Å². The summed E-state index contributed by atoms with van der Waals surface area (Å²) < 4.78 is 12.1. The van der Waals surface area contributed by atoms with E-state index in [4.69, 9.17) is 21.1 Å². The van der Waals surface area contributed by atoms with Crippen LogP contribution >= 0.6 is 11.6 Å². The van der Waals surface area contributed by atoms with Gasteiger partial charge in [0.2, 0.25) is 0 Å². The van der Waals surface area contributed by atoms with E-state index in [1.807, 2.05) is 0 Å². The van der Waals surface area contributed by atoms with Crippen LogP contribution in [0.3, 0.4) is 0 Å². The van der Waals surface area contributed by atoms with Crippen molar-refractivity contribution in [3.63, 3.8) is 0 Å². The number of benzene rings is 2. The summed E-state index contributed by atoms with van der Waals surface area (Å²) in [5.41, 5.74) is 1.15. The van der Waals surface area contributed by atoms with E-state index < -0.39 is 5.97 Å². The van der Waals surface area contributed by atoms with Crippen LogP contribution in [0.4, 0.5) is 0 Å². The zero-order chi connectivity index (χ0) is 17.6. The molecule has 8 heteroatoms. The van der Waals surface area contributed by atoms with Gasteiger partial charge in [0, 0.05) is 5.02 Å². The van der Waals surface area contributed by atoms with Gasteiger partial charge >= 0.3 is 5.97 Å². The number of aromatic nitrogens is 3. The Bertz CT molecular complexity index is 893. The van der Waals surface area contributed by atoms with Crippen molar-refractivity contribution in [2.45, 2.75) is 0 Å². The smallest absolute Gasteiger partial charge is 0.343 e. The molecule has 0 aliphatic heterocycles. The summed E-state index contributed by atoms with van der Waals surface area (Å²) in [7, 11) is 1.50. The molecule has 0 aliphatic carbocycles. The Hall–Kier alpha value is -3.19. The summed E-state index contributed by atoms with van der Waals surface area (Å²) in [5, 5.41) is 12.0. The number of hydrogen-bond donors (Lipinski definition) is 0. The number of hydrogen-bond acceptors (Lipinski definition) is 6. The highest BCUT2D eigenvalue weighted by Gasteiger charge is 2.12. The first-order chi connectivity index (χ1) is 12.2. The van der Waals surface area contributed by atoms with Gasteiger partial charge in [-0.15, -0.1) is 10.2 Å². The molecule has 0 N–H and O–H groups in total. The highest BCUT2D eigenvalue weighted by molar-refractivity contribution is 6.30.